The Morgan fingerprint density at radius 1 is 1.38 bits per heavy atom. The molecular weight excluding hydrogens is 275 g/mol. The summed E-state index contributed by atoms with van der Waals surface area (Å²) in [5.41, 5.74) is 2.25. The van der Waals surface area contributed by atoms with Gasteiger partial charge in [-0.3, -0.25) is 0 Å². The van der Waals surface area contributed by atoms with Crippen LogP contribution in [0.25, 0.3) is 11.0 Å². The van der Waals surface area contributed by atoms with Crippen molar-refractivity contribution in [2.75, 3.05) is 0 Å². The molecule has 0 amide bonds. The highest BCUT2D eigenvalue weighted by molar-refractivity contribution is 14.1. The standard InChI is InChI=1S/C10H11IN2/c1-6(2)8-5-7-3-4-9(11)13-10(7)12-8/h3-6H,1-2H3,(H,12,13). The highest BCUT2D eigenvalue weighted by atomic mass is 127. The zero-order valence-corrected chi connectivity index (χ0v) is 9.79. The van der Waals surface area contributed by atoms with E-state index in [1.165, 1.54) is 11.1 Å². The van der Waals surface area contributed by atoms with E-state index < -0.39 is 0 Å². The van der Waals surface area contributed by atoms with E-state index >= 15 is 0 Å². The van der Waals surface area contributed by atoms with Crippen LogP contribution in [0.1, 0.15) is 25.5 Å². The van der Waals surface area contributed by atoms with Gasteiger partial charge in [0.25, 0.3) is 0 Å². The molecule has 2 aromatic rings. The van der Waals surface area contributed by atoms with Crippen molar-refractivity contribution in [3.05, 3.63) is 27.6 Å². The van der Waals surface area contributed by atoms with E-state index in [4.69, 9.17) is 0 Å². The minimum absolute atomic E-state index is 0.534. The summed E-state index contributed by atoms with van der Waals surface area (Å²) in [5, 5.41) is 1.20. The number of fused-ring (bicyclic) bond motifs is 1. The number of aromatic amines is 1. The van der Waals surface area contributed by atoms with Gasteiger partial charge in [-0.25, -0.2) is 4.98 Å². The number of nitrogens with one attached hydrogen (secondary N) is 1. The number of pyridine rings is 1. The Hall–Kier alpha value is -0.580. The molecule has 0 saturated heterocycles. The molecule has 0 bridgehead atoms. The molecule has 0 unspecified atom stereocenters. The van der Waals surface area contributed by atoms with E-state index in [-0.39, 0.29) is 0 Å². The number of hydrogen-bond donors (Lipinski definition) is 1. The van der Waals surface area contributed by atoms with Crippen LogP contribution >= 0.6 is 22.6 Å². The molecule has 0 atom stereocenters. The maximum Gasteiger partial charge on any atom is 0.138 e. The number of rotatable bonds is 1. The van der Waals surface area contributed by atoms with E-state index in [9.17, 15) is 0 Å². The van der Waals surface area contributed by atoms with Gasteiger partial charge in [-0.1, -0.05) is 13.8 Å². The van der Waals surface area contributed by atoms with Crippen LogP contribution in [0.3, 0.4) is 0 Å². The lowest BCUT2D eigenvalue weighted by Gasteiger charge is -1.97. The molecule has 0 fully saturated rings. The van der Waals surface area contributed by atoms with Crippen LogP contribution in [0.5, 0.6) is 0 Å². The van der Waals surface area contributed by atoms with E-state index in [2.05, 4.69) is 58.5 Å². The minimum Gasteiger partial charge on any atom is -0.343 e. The van der Waals surface area contributed by atoms with Crippen molar-refractivity contribution < 1.29 is 0 Å². The van der Waals surface area contributed by atoms with Crippen molar-refractivity contribution >= 4 is 33.6 Å². The molecule has 0 spiro atoms. The van der Waals surface area contributed by atoms with Crippen LogP contribution in [0.2, 0.25) is 0 Å². The monoisotopic (exact) mass is 286 g/mol. The summed E-state index contributed by atoms with van der Waals surface area (Å²) in [4.78, 5) is 7.73. The molecule has 3 heteroatoms. The van der Waals surface area contributed by atoms with E-state index in [0.717, 1.165) is 9.35 Å². The molecule has 0 aliphatic rings. The van der Waals surface area contributed by atoms with Gasteiger partial charge in [0.15, 0.2) is 0 Å². The second-order valence-electron chi connectivity index (χ2n) is 3.45. The maximum atomic E-state index is 4.41. The first-order valence-electron chi connectivity index (χ1n) is 4.32. The lowest BCUT2D eigenvalue weighted by molar-refractivity contribution is 0.835. The lowest BCUT2D eigenvalue weighted by atomic mass is 10.1. The molecule has 0 aliphatic heterocycles. The predicted molar refractivity (Wildman–Crippen MR) is 62.9 cm³/mol. The average Bonchev–Trinajstić information content (AvgIpc) is 2.46. The molecule has 2 rings (SSSR count). The predicted octanol–water partition coefficient (Wildman–Crippen LogP) is 3.29. The Balaban J connectivity index is 2.62. The fourth-order valence-corrected chi connectivity index (χ4v) is 1.74. The Morgan fingerprint density at radius 3 is 2.85 bits per heavy atom. The Labute approximate surface area is 90.9 Å². The third-order valence-electron chi connectivity index (χ3n) is 2.09. The topological polar surface area (TPSA) is 28.7 Å². The molecule has 68 valence electrons. The van der Waals surface area contributed by atoms with Gasteiger partial charge >= 0.3 is 0 Å². The quantitative estimate of drug-likeness (QED) is 0.632. The smallest absolute Gasteiger partial charge is 0.138 e. The van der Waals surface area contributed by atoms with Gasteiger partial charge in [-0.05, 0) is 46.7 Å². The van der Waals surface area contributed by atoms with Crippen molar-refractivity contribution in [3.8, 4) is 0 Å². The van der Waals surface area contributed by atoms with Crippen LogP contribution in [0.4, 0.5) is 0 Å². The second kappa shape index (κ2) is 3.29. The van der Waals surface area contributed by atoms with Crippen LogP contribution in [-0.4, -0.2) is 9.97 Å². The zero-order valence-electron chi connectivity index (χ0n) is 7.63. The van der Waals surface area contributed by atoms with Gasteiger partial charge in [-0.15, -0.1) is 0 Å². The number of hydrogen-bond acceptors (Lipinski definition) is 1. The van der Waals surface area contributed by atoms with Gasteiger partial charge in [-0.2, -0.15) is 0 Å². The van der Waals surface area contributed by atoms with Crippen LogP contribution in [-0.2, 0) is 0 Å². The minimum atomic E-state index is 0.534. The van der Waals surface area contributed by atoms with Gasteiger partial charge in [0, 0.05) is 11.1 Å². The lowest BCUT2D eigenvalue weighted by Crippen LogP contribution is -1.85. The Bertz CT molecular complexity index is 431. The summed E-state index contributed by atoms with van der Waals surface area (Å²) >= 11 is 2.22. The molecule has 2 nitrogen and oxygen atoms in total. The van der Waals surface area contributed by atoms with Crippen LogP contribution < -0.4 is 0 Å². The van der Waals surface area contributed by atoms with Gasteiger partial charge < -0.3 is 4.98 Å². The van der Waals surface area contributed by atoms with E-state index in [1.54, 1.807) is 0 Å². The number of nitrogens with zero attached hydrogens (tertiary/aromatic N) is 1. The number of H-pyrrole nitrogens is 1. The summed E-state index contributed by atoms with van der Waals surface area (Å²) in [6.45, 7) is 4.35. The third-order valence-corrected chi connectivity index (χ3v) is 2.69. The summed E-state index contributed by atoms with van der Waals surface area (Å²) < 4.78 is 1.03. The molecule has 0 aromatic carbocycles. The van der Waals surface area contributed by atoms with E-state index in [1.807, 2.05) is 6.07 Å². The molecule has 0 saturated carbocycles. The van der Waals surface area contributed by atoms with Gasteiger partial charge in [0.05, 0.1) is 0 Å². The molecule has 2 heterocycles. The van der Waals surface area contributed by atoms with Gasteiger partial charge in [0.1, 0.15) is 9.35 Å². The van der Waals surface area contributed by atoms with E-state index in [0.29, 0.717) is 5.92 Å². The number of halogens is 1. The summed E-state index contributed by atoms with van der Waals surface area (Å²) in [5.74, 6) is 0.534. The van der Waals surface area contributed by atoms with Crippen LogP contribution in [0.15, 0.2) is 18.2 Å². The first-order chi connectivity index (χ1) is 6.16. The third kappa shape index (κ3) is 1.70. The highest BCUT2D eigenvalue weighted by Gasteiger charge is 2.04. The fourth-order valence-electron chi connectivity index (χ4n) is 1.31. The first kappa shape index (κ1) is 8.99. The van der Waals surface area contributed by atoms with Crippen LogP contribution in [0, 0.1) is 3.70 Å². The largest absolute Gasteiger partial charge is 0.343 e. The molecule has 1 N–H and O–H groups in total. The molecule has 2 aromatic heterocycles. The summed E-state index contributed by atoms with van der Waals surface area (Å²) in [7, 11) is 0. The average molecular weight is 286 g/mol. The normalized spacial score (nSPS) is 11.4. The van der Waals surface area contributed by atoms with Crippen molar-refractivity contribution in [2.45, 2.75) is 19.8 Å². The molecule has 0 radical (unpaired) electrons. The Kier molecular flexibility index (Phi) is 2.27. The zero-order chi connectivity index (χ0) is 9.42. The number of aromatic nitrogens is 2. The van der Waals surface area contributed by atoms with Gasteiger partial charge in [0.2, 0.25) is 0 Å². The second-order valence-corrected chi connectivity index (χ2v) is 4.56. The molecular formula is C10H11IN2. The maximum absolute atomic E-state index is 4.41. The summed E-state index contributed by atoms with van der Waals surface area (Å²) in [6.07, 6.45) is 0. The fraction of sp³-hybridized carbons (Fsp3) is 0.300. The van der Waals surface area contributed by atoms with Crippen molar-refractivity contribution in [1.29, 1.82) is 0 Å². The van der Waals surface area contributed by atoms with Crippen molar-refractivity contribution in [2.24, 2.45) is 0 Å². The van der Waals surface area contributed by atoms with Crippen molar-refractivity contribution in [1.82, 2.24) is 9.97 Å². The first-order valence-corrected chi connectivity index (χ1v) is 5.40. The highest BCUT2D eigenvalue weighted by Crippen LogP contribution is 2.20. The van der Waals surface area contributed by atoms with Crippen molar-refractivity contribution in [3.63, 3.8) is 0 Å². The summed E-state index contributed by atoms with van der Waals surface area (Å²) in [6, 6.07) is 6.30. The molecule has 0 aliphatic carbocycles. The SMILES string of the molecule is CC(C)c1cc2ccc(I)nc2[nH]1. The Morgan fingerprint density at radius 2 is 2.15 bits per heavy atom. The molecule has 13 heavy (non-hydrogen) atoms.